The molecule has 2 aromatic carbocycles. The van der Waals surface area contributed by atoms with Gasteiger partial charge in [0, 0.05) is 37.8 Å². The number of hydrogen-bond donors (Lipinski definition) is 3. The molecule has 0 bridgehead atoms. The zero-order valence-corrected chi connectivity index (χ0v) is 15.4. The van der Waals surface area contributed by atoms with E-state index in [0.717, 1.165) is 17.7 Å². The molecule has 3 N–H and O–H groups in total. The summed E-state index contributed by atoms with van der Waals surface area (Å²) in [6, 6.07) is 17.7. The highest BCUT2D eigenvalue weighted by Crippen LogP contribution is 2.17. The second-order valence-electron chi connectivity index (χ2n) is 6.51. The van der Waals surface area contributed by atoms with Crippen molar-refractivity contribution >= 4 is 24.0 Å². The van der Waals surface area contributed by atoms with E-state index in [1.165, 1.54) is 11.6 Å². The average Bonchev–Trinajstić information content (AvgIpc) is 2.76. The number of hydrogen-bond acceptors (Lipinski definition) is 4. The van der Waals surface area contributed by atoms with Gasteiger partial charge >= 0.3 is 0 Å². The Balaban J connectivity index is 1.63. The number of benzene rings is 2. The van der Waals surface area contributed by atoms with E-state index in [2.05, 4.69) is 17.4 Å². The molecular formula is C22H23N3O3. The summed E-state index contributed by atoms with van der Waals surface area (Å²) < 4.78 is 0. The van der Waals surface area contributed by atoms with Crippen molar-refractivity contribution in [2.45, 2.75) is 6.04 Å². The van der Waals surface area contributed by atoms with Gasteiger partial charge in [-0.15, -0.1) is 0 Å². The molecule has 144 valence electrons. The van der Waals surface area contributed by atoms with Gasteiger partial charge in [-0.25, -0.2) is 5.48 Å². The second kappa shape index (κ2) is 9.64. The monoisotopic (exact) mass is 377 g/mol. The molecule has 28 heavy (non-hydrogen) atoms. The average molecular weight is 377 g/mol. The summed E-state index contributed by atoms with van der Waals surface area (Å²) in [4.78, 5) is 25.5. The molecule has 1 fully saturated rings. The Morgan fingerprint density at radius 3 is 2.46 bits per heavy atom. The Labute approximate surface area is 164 Å². The van der Waals surface area contributed by atoms with Crippen LogP contribution in [0.2, 0.25) is 0 Å². The van der Waals surface area contributed by atoms with Gasteiger partial charge in [0.15, 0.2) is 0 Å². The molecule has 6 nitrogen and oxygen atoms in total. The Kier molecular flexibility index (Phi) is 6.73. The van der Waals surface area contributed by atoms with E-state index in [1.807, 2.05) is 47.4 Å². The number of rotatable bonds is 5. The van der Waals surface area contributed by atoms with Gasteiger partial charge in [-0.3, -0.25) is 14.8 Å². The molecule has 0 spiro atoms. The molecule has 6 heteroatoms. The fourth-order valence-corrected chi connectivity index (χ4v) is 3.11. The number of piperazine rings is 1. The lowest BCUT2D eigenvalue weighted by atomic mass is 10.0. The highest BCUT2D eigenvalue weighted by atomic mass is 16.5. The third kappa shape index (κ3) is 5.39. The van der Waals surface area contributed by atoms with E-state index in [9.17, 15) is 9.59 Å². The number of amides is 2. The minimum absolute atomic E-state index is 0.0250. The first-order chi connectivity index (χ1) is 13.7. The Hall–Kier alpha value is -3.22. The SMILES string of the molecule is O=C(C=Cc1cccc(C=CC(=O)N2CCNC(c3ccccc3)C2)c1)NO. The summed E-state index contributed by atoms with van der Waals surface area (Å²) >= 11 is 0. The predicted octanol–water partition coefficient (Wildman–Crippen LogP) is 2.39. The molecule has 2 aromatic rings. The van der Waals surface area contributed by atoms with Gasteiger partial charge in [-0.05, 0) is 34.9 Å². The molecule has 0 radical (unpaired) electrons. The highest BCUT2D eigenvalue weighted by Gasteiger charge is 2.22. The van der Waals surface area contributed by atoms with Crippen LogP contribution in [0.4, 0.5) is 0 Å². The standard InChI is InChI=1S/C22H23N3O3/c26-21(24-28)11-9-17-5-4-6-18(15-17)10-12-22(27)25-14-13-23-20(16-25)19-7-2-1-3-8-19/h1-12,15,20,23,28H,13-14,16H2,(H,24,26). The van der Waals surface area contributed by atoms with Crippen LogP contribution in [0.5, 0.6) is 0 Å². The van der Waals surface area contributed by atoms with E-state index in [0.29, 0.717) is 13.1 Å². The number of hydroxylamine groups is 1. The maximum Gasteiger partial charge on any atom is 0.267 e. The molecule has 1 saturated heterocycles. The molecule has 0 aliphatic carbocycles. The first-order valence-electron chi connectivity index (χ1n) is 9.13. The molecule has 1 aliphatic heterocycles. The smallest absolute Gasteiger partial charge is 0.267 e. The maximum atomic E-state index is 12.6. The summed E-state index contributed by atoms with van der Waals surface area (Å²) in [6.07, 6.45) is 6.17. The van der Waals surface area contributed by atoms with E-state index < -0.39 is 5.91 Å². The van der Waals surface area contributed by atoms with Crippen LogP contribution in [0.25, 0.3) is 12.2 Å². The fourth-order valence-electron chi connectivity index (χ4n) is 3.11. The maximum absolute atomic E-state index is 12.6. The summed E-state index contributed by atoms with van der Waals surface area (Å²) in [7, 11) is 0. The molecular weight excluding hydrogens is 354 g/mol. The minimum Gasteiger partial charge on any atom is -0.336 e. The van der Waals surface area contributed by atoms with Gasteiger partial charge in [0.1, 0.15) is 0 Å². The zero-order chi connectivity index (χ0) is 19.8. The van der Waals surface area contributed by atoms with Crippen LogP contribution in [0.3, 0.4) is 0 Å². The van der Waals surface area contributed by atoms with Crippen molar-refractivity contribution in [3.8, 4) is 0 Å². The first kappa shape index (κ1) is 19.5. The second-order valence-corrected chi connectivity index (χ2v) is 6.51. The van der Waals surface area contributed by atoms with Crippen molar-refractivity contribution in [2.24, 2.45) is 0 Å². The van der Waals surface area contributed by atoms with Crippen LogP contribution in [-0.2, 0) is 9.59 Å². The molecule has 1 atom stereocenters. The summed E-state index contributed by atoms with van der Waals surface area (Å²) in [5.74, 6) is -0.620. The Morgan fingerprint density at radius 1 is 1.04 bits per heavy atom. The van der Waals surface area contributed by atoms with Crippen molar-refractivity contribution in [1.82, 2.24) is 15.7 Å². The molecule has 1 heterocycles. The van der Waals surface area contributed by atoms with Crippen molar-refractivity contribution in [3.63, 3.8) is 0 Å². The quantitative estimate of drug-likeness (QED) is 0.425. The van der Waals surface area contributed by atoms with Crippen LogP contribution in [-0.4, -0.2) is 41.6 Å². The van der Waals surface area contributed by atoms with Gasteiger partial charge in [-0.1, -0.05) is 48.5 Å². The third-order valence-electron chi connectivity index (χ3n) is 4.56. The predicted molar refractivity (Wildman–Crippen MR) is 108 cm³/mol. The van der Waals surface area contributed by atoms with Crippen LogP contribution < -0.4 is 10.8 Å². The largest absolute Gasteiger partial charge is 0.336 e. The van der Waals surface area contributed by atoms with Crippen LogP contribution in [0.15, 0.2) is 66.7 Å². The summed E-state index contributed by atoms with van der Waals surface area (Å²) in [6.45, 7) is 2.06. The molecule has 0 aromatic heterocycles. The lowest BCUT2D eigenvalue weighted by molar-refractivity contribution is -0.127. The Bertz CT molecular complexity index is 878. The van der Waals surface area contributed by atoms with E-state index in [4.69, 9.17) is 5.21 Å². The topological polar surface area (TPSA) is 81.7 Å². The number of carbonyl (C=O) groups excluding carboxylic acids is 2. The van der Waals surface area contributed by atoms with Gasteiger partial charge in [-0.2, -0.15) is 0 Å². The number of nitrogens with zero attached hydrogens (tertiary/aromatic N) is 1. The minimum atomic E-state index is -0.595. The molecule has 1 aliphatic rings. The van der Waals surface area contributed by atoms with E-state index >= 15 is 0 Å². The van der Waals surface area contributed by atoms with Crippen molar-refractivity contribution in [2.75, 3.05) is 19.6 Å². The zero-order valence-electron chi connectivity index (χ0n) is 15.4. The van der Waals surface area contributed by atoms with Crippen molar-refractivity contribution in [3.05, 3.63) is 83.4 Å². The third-order valence-corrected chi connectivity index (χ3v) is 4.56. The summed E-state index contributed by atoms with van der Waals surface area (Å²) in [5.41, 5.74) is 4.37. The first-order valence-corrected chi connectivity index (χ1v) is 9.13. The molecule has 3 rings (SSSR count). The molecule has 2 amide bonds. The van der Waals surface area contributed by atoms with Crippen molar-refractivity contribution in [1.29, 1.82) is 0 Å². The van der Waals surface area contributed by atoms with E-state index in [-0.39, 0.29) is 11.9 Å². The van der Waals surface area contributed by atoms with Gasteiger partial charge in [0.25, 0.3) is 5.91 Å². The van der Waals surface area contributed by atoms with Crippen LogP contribution in [0, 0.1) is 0 Å². The number of carbonyl (C=O) groups is 2. The molecule has 1 unspecified atom stereocenters. The normalized spacial score (nSPS) is 17.2. The van der Waals surface area contributed by atoms with Crippen molar-refractivity contribution < 1.29 is 14.8 Å². The Morgan fingerprint density at radius 2 is 1.75 bits per heavy atom. The van der Waals surface area contributed by atoms with Gasteiger partial charge in [0.05, 0.1) is 0 Å². The van der Waals surface area contributed by atoms with E-state index in [1.54, 1.807) is 23.7 Å². The molecule has 0 saturated carbocycles. The fraction of sp³-hybridized carbons (Fsp3) is 0.182. The highest BCUT2D eigenvalue weighted by molar-refractivity contribution is 5.92. The number of nitrogens with one attached hydrogen (secondary N) is 2. The lowest BCUT2D eigenvalue weighted by Crippen LogP contribution is -2.47. The lowest BCUT2D eigenvalue weighted by Gasteiger charge is -2.33. The summed E-state index contributed by atoms with van der Waals surface area (Å²) in [5, 5.41) is 12.0. The van der Waals surface area contributed by atoms with Crippen LogP contribution in [0.1, 0.15) is 22.7 Å². The van der Waals surface area contributed by atoms with Gasteiger partial charge < -0.3 is 10.2 Å². The van der Waals surface area contributed by atoms with Crippen LogP contribution >= 0.6 is 0 Å². The van der Waals surface area contributed by atoms with Gasteiger partial charge in [0.2, 0.25) is 5.91 Å².